The molecule has 0 aliphatic carbocycles. The van der Waals surface area contributed by atoms with E-state index < -0.39 is 0 Å². The second-order valence-electron chi connectivity index (χ2n) is 5.35. The van der Waals surface area contributed by atoms with Crippen molar-refractivity contribution in [1.82, 2.24) is 0 Å². The minimum Gasteiger partial charge on any atom is -0.493 e. The molecule has 0 amide bonds. The lowest BCUT2D eigenvalue weighted by Crippen LogP contribution is -2.12. The van der Waals surface area contributed by atoms with Crippen molar-refractivity contribution in [2.45, 2.75) is 25.3 Å². The Kier molecular flexibility index (Phi) is 4.53. The number of hydrogen-bond donors (Lipinski definition) is 1. The maximum absolute atomic E-state index is 6.28. The van der Waals surface area contributed by atoms with Gasteiger partial charge in [-0.1, -0.05) is 45.7 Å². The Morgan fingerprint density at radius 3 is 2.90 bits per heavy atom. The van der Waals surface area contributed by atoms with Gasteiger partial charge in [0.15, 0.2) is 0 Å². The Morgan fingerprint density at radius 1 is 1.24 bits per heavy atom. The van der Waals surface area contributed by atoms with Crippen molar-refractivity contribution >= 4 is 27.5 Å². The summed E-state index contributed by atoms with van der Waals surface area (Å²) in [5.74, 6) is 1.03. The summed E-state index contributed by atoms with van der Waals surface area (Å²) in [6.45, 7) is 0.798. The number of ether oxygens (including phenoxy) is 1. The zero-order valence-corrected chi connectivity index (χ0v) is 14.0. The molecular formula is C17H17BrClNO. The Balaban J connectivity index is 1.67. The fourth-order valence-corrected chi connectivity index (χ4v) is 3.49. The molecule has 3 rings (SSSR count). The fraction of sp³-hybridized carbons (Fsp3) is 0.294. The third-order valence-corrected chi connectivity index (χ3v) is 4.68. The molecule has 2 aromatic carbocycles. The highest BCUT2D eigenvalue weighted by Crippen LogP contribution is 2.29. The van der Waals surface area contributed by atoms with Gasteiger partial charge in [0.25, 0.3) is 0 Å². The number of halogens is 2. The molecule has 2 N–H and O–H groups in total. The number of aryl methyl sites for hydroxylation is 1. The van der Waals surface area contributed by atoms with Gasteiger partial charge in [-0.3, -0.25) is 0 Å². The second-order valence-corrected chi connectivity index (χ2v) is 6.67. The minimum atomic E-state index is -0.0462. The first-order valence-electron chi connectivity index (χ1n) is 7.08. The Bertz CT molecular complexity index is 659. The largest absolute Gasteiger partial charge is 0.493 e. The van der Waals surface area contributed by atoms with E-state index in [1.165, 1.54) is 11.1 Å². The van der Waals surface area contributed by atoms with Crippen LogP contribution in [-0.2, 0) is 12.8 Å². The summed E-state index contributed by atoms with van der Waals surface area (Å²) < 4.78 is 6.50. The number of fused-ring (bicyclic) bond motifs is 1. The maximum atomic E-state index is 6.28. The molecule has 0 radical (unpaired) electrons. The zero-order valence-electron chi connectivity index (χ0n) is 11.6. The second kappa shape index (κ2) is 6.39. The van der Waals surface area contributed by atoms with Crippen LogP contribution in [0.25, 0.3) is 0 Å². The molecule has 0 fully saturated rings. The van der Waals surface area contributed by atoms with Crippen molar-refractivity contribution in [2.75, 3.05) is 6.61 Å². The van der Waals surface area contributed by atoms with Crippen molar-refractivity contribution < 1.29 is 4.74 Å². The third kappa shape index (κ3) is 3.42. The van der Waals surface area contributed by atoms with Gasteiger partial charge < -0.3 is 10.5 Å². The number of hydrogen-bond acceptors (Lipinski definition) is 2. The topological polar surface area (TPSA) is 35.2 Å². The van der Waals surface area contributed by atoms with E-state index in [4.69, 9.17) is 22.1 Å². The van der Waals surface area contributed by atoms with Crippen molar-refractivity contribution in [2.24, 2.45) is 5.73 Å². The van der Waals surface area contributed by atoms with Gasteiger partial charge in [-0.25, -0.2) is 0 Å². The molecule has 4 heteroatoms. The zero-order chi connectivity index (χ0) is 14.8. The molecule has 0 spiro atoms. The van der Waals surface area contributed by atoms with E-state index in [2.05, 4.69) is 34.1 Å². The quantitative estimate of drug-likeness (QED) is 0.853. The normalized spacial score (nSPS) is 14.6. The van der Waals surface area contributed by atoms with E-state index >= 15 is 0 Å². The summed E-state index contributed by atoms with van der Waals surface area (Å²) in [5, 5.41) is 0.722. The summed E-state index contributed by atoms with van der Waals surface area (Å²) >= 11 is 9.67. The van der Waals surface area contributed by atoms with Crippen LogP contribution in [0.4, 0.5) is 0 Å². The molecule has 1 aliphatic heterocycles. The molecule has 1 aliphatic rings. The predicted molar refractivity (Wildman–Crippen MR) is 90.0 cm³/mol. The highest BCUT2D eigenvalue weighted by atomic mass is 79.9. The van der Waals surface area contributed by atoms with Crippen LogP contribution in [-0.4, -0.2) is 6.61 Å². The Hall–Kier alpha value is -1.03. The molecule has 0 saturated heterocycles. The molecule has 2 aromatic rings. The van der Waals surface area contributed by atoms with Crippen LogP contribution in [0, 0.1) is 0 Å². The van der Waals surface area contributed by atoms with E-state index in [0.717, 1.165) is 46.7 Å². The molecule has 2 nitrogen and oxygen atoms in total. The molecule has 21 heavy (non-hydrogen) atoms. The number of rotatable bonds is 4. The van der Waals surface area contributed by atoms with Gasteiger partial charge in [0.1, 0.15) is 5.75 Å². The monoisotopic (exact) mass is 365 g/mol. The van der Waals surface area contributed by atoms with Crippen molar-refractivity contribution in [3.05, 3.63) is 62.6 Å². The Morgan fingerprint density at radius 2 is 2.10 bits per heavy atom. The van der Waals surface area contributed by atoms with Gasteiger partial charge in [0.05, 0.1) is 6.61 Å². The highest BCUT2D eigenvalue weighted by Gasteiger charge is 2.14. The minimum absolute atomic E-state index is 0.0462. The molecule has 0 saturated carbocycles. The van der Waals surface area contributed by atoms with Crippen molar-refractivity contribution in [1.29, 1.82) is 0 Å². The van der Waals surface area contributed by atoms with E-state index in [-0.39, 0.29) is 6.04 Å². The average Bonchev–Trinajstić information content (AvgIpc) is 2.92. The molecule has 0 aromatic heterocycles. The molecule has 0 bridgehead atoms. The molecule has 1 atom stereocenters. The van der Waals surface area contributed by atoms with Gasteiger partial charge in [0.2, 0.25) is 0 Å². The van der Waals surface area contributed by atoms with E-state index in [0.29, 0.717) is 0 Å². The van der Waals surface area contributed by atoms with Gasteiger partial charge in [0, 0.05) is 22.0 Å². The van der Waals surface area contributed by atoms with Gasteiger partial charge in [-0.05, 0) is 47.7 Å². The van der Waals surface area contributed by atoms with Gasteiger partial charge >= 0.3 is 0 Å². The maximum Gasteiger partial charge on any atom is 0.122 e. The van der Waals surface area contributed by atoms with Crippen molar-refractivity contribution in [3.8, 4) is 5.75 Å². The van der Waals surface area contributed by atoms with E-state index in [9.17, 15) is 0 Å². The highest BCUT2D eigenvalue weighted by molar-refractivity contribution is 9.10. The van der Waals surface area contributed by atoms with E-state index in [1.807, 2.05) is 18.2 Å². The van der Waals surface area contributed by atoms with Crippen LogP contribution < -0.4 is 10.5 Å². The molecule has 110 valence electrons. The summed E-state index contributed by atoms with van der Waals surface area (Å²) in [6.07, 6.45) is 2.83. The lowest BCUT2D eigenvalue weighted by Gasteiger charge is -2.14. The van der Waals surface area contributed by atoms with Crippen LogP contribution in [0.2, 0.25) is 5.02 Å². The van der Waals surface area contributed by atoms with Gasteiger partial charge in [-0.2, -0.15) is 0 Å². The summed E-state index contributed by atoms with van der Waals surface area (Å²) in [6, 6.07) is 12.2. The SMILES string of the molecule is NC(CCc1ccc2c(c1)CCO2)c1ccc(Br)cc1Cl. The Labute approximate surface area is 138 Å². The predicted octanol–water partition coefficient (Wildman–Crippen LogP) is 4.67. The van der Waals surface area contributed by atoms with Crippen LogP contribution in [0.15, 0.2) is 40.9 Å². The lowest BCUT2D eigenvalue weighted by atomic mass is 9.98. The average molecular weight is 367 g/mol. The molecular weight excluding hydrogens is 350 g/mol. The third-order valence-electron chi connectivity index (χ3n) is 3.86. The van der Waals surface area contributed by atoms with Crippen LogP contribution in [0.5, 0.6) is 5.75 Å². The van der Waals surface area contributed by atoms with E-state index in [1.54, 1.807) is 0 Å². The summed E-state index contributed by atoms with van der Waals surface area (Å²) in [7, 11) is 0. The first-order chi connectivity index (χ1) is 10.1. The molecule has 1 unspecified atom stereocenters. The summed E-state index contributed by atoms with van der Waals surface area (Å²) in [5.41, 5.74) is 9.90. The first kappa shape index (κ1) is 14.9. The smallest absolute Gasteiger partial charge is 0.122 e. The first-order valence-corrected chi connectivity index (χ1v) is 8.26. The van der Waals surface area contributed by atoms with Crippen LogP contribution in [0.3, 0.4) is 0 Å². The van der Waals surface area contributed by atoms with Gasteiger partial charge in [-0.15, -0.1) is 0 Å². The number of nitrogens with two attached hydrogens (primary N) is 1. The standard InChI is InChI=1S/C17H17BrClNO/c18-13-3-4-14(15(19)10-13)16(20)5-1-11-2-6-17-12(9-11)7-8-21-17/h2-4,6,9-10,16H,1,5,7-8,20H2. The summed E-state index contributed by atoms with van der Waals surface area (Å²) in [4.78, 5) is 0. The molecule has 1 heterocycles. The lowest BCUT2D eigenvalue weighted by molar-refractivity contribution is 0.357. The fourth-order valence-electron chi connectivity index (χ4n) is 2.68. The van der Waals surface area contributed by atoms with Crippen LogP contribution >= 0.6 is 27.5 Å². The van der Waals surface area contributed by atoms with Crippen LogP contribution in [0.1, 0.15) is 29.2 Å². The van der Waals surface area contributed by atoms with Crippen molar-refractivity contribution in [3.63, 3.8) is 0 Å². The number of benzene rings is 2.